The van der Waals surface area contributed by atoms with Crippen molar-refractivity contribution < 1.29 is 4.79 Å². The standard InChI is InChI=1S/C21H31N5O/c1-5-10-26-19(8-9-24-26)18-14-22-17(13-23-18)12-16-7-6-11-25(15-16)20(27)21(2,3)4/h8-9,13-14,16H,5-7,10-12,15H2,1-4H3/t16-/m0/s1. The van der Waals surface area contributed by atoms with Crippen LogP contribution in [0.25, 0.3) is 11.4 Å². The molecule has 3 rings (SSSR count). The molecule has 6 heteroatoms. The highest BCUT2D eigenvalue weighted by molar-refractivity contribution is 5.81. The van der Waals surface area contributed by atoms with E-state index < -0.39 is 0 Å². The van der Waals surface area contributed by atoms with E-state index in [1.165, 1.54) is 0 Å². The Labute approximate surface area is 162 Å². The molecule has 1 atom stereocenters. The van der Waals surface area contributed by atoms with Crippen LogP contribution in [0, 0.1) is 11.3 Å². The molecule has 1 amide bonds. The molecular weight excluding hydrogens is 338 g/mol. The largest absolute Gasteiger partial charge is 0.342 e. The van der Waals surface area contributed by atoms with Gasteiger partial charge in [-0.25, -0.2) is 0 Å². The molecule has 0 aromatic carbocycles. The maximum Gasteiger partial charge on any atom is 0.227 e. The third-order valence-electron chi connectivity index (χ3n) is 5.07. The topological polar surface area (TPSA) is 63.9 Å². The second-order valence-corrected chi connectivity index (χ2v) is 8.55. The molecule has 2 aromatic rings. The minimum atomic E-state index is -0.315. The Morgan fingerprint density at radius 2 is 2.07 bits per heavy atom. The number of piperidine rings is 1. The lowest BCUT2D eigenvalue weighted by atomic mass is 9.89. The van der Waals surface area contributed by atoms with Crippen molar-refractivity contribution in [3.63, 3.8) is 0 Å². The van der Waals surface area contributed by atoms with Gasteiger partial charge in [-0.05, 0) is 37.7 Å². The average molecular weight is 370 g/mol. The summed E-state index contributed by atoms with van der Waals surface area (Å²) in [5.41, 5.74) is 2.55. The molecule has 0 bridgehead atoms. The molecule has 0 unspecified atom stereocenters. The van der Waals surface area contributed by atoms with E-state index in [1.54, 1.807) is 0 Å². The van der Waals surface area contributed by atoms with E-state index >= 15 is 0 Å². The molecule has 0 aliphatic carbocycles. The van der Waals surface area contributed by atoms with Crippen molar-refractivity contribution in [2.75, 3.05) is 13.1 Å². The van der Waals surface area contributed by atoms with Gasteiger partial charge in [0.1, 0.15) is 5.69 Å². The van der Waals surface area contributed by atoms with Crippen LogP contribution >= 0.6 is 0 Å². The van der Waals surface area contributed by atoms with E-state index in [4.69, 9.17) is 0 Å². The first-order chi connectivity index (χ1) is 12.9. The maximum atomic E-state index is 12.6. The Morgan fingerprint density at radius 3 is 2.74 bits per heavy atom. The monoisotopic (exact) mass is 369 g/mol. The number of amides is 1. The lowest BCUT2D eigenvalue weighted by Crippen LogP contribution is -2.45. The van der Waals surface area contributed by atoms with Crippen LogP contribution in [0.5, 0.6) is 0 Å². The molecule has 0 N–H and O–H groups in total. The number of aromatic nitrogens is 4. The first-order valence-corrected chi connectivity index (χ1v) is 10.0. The van der Waals surface area contributed by atoms with Gasteiger partial charge in [-0.15, -0.1) is 0 Å². The van der Waals surface area contributed by atoms with Gasteiger partial charge in [0.25, 0.3) is 0 Å². The highest BCUT2D eigenvalue weighted by Gasteiger charge is 2.31. The lowest BCUT2D eigenvalue weighted by molar-refractivity contribution is -0.141. The zero-order chi connectivity index (χ0) is 19.4. The van der Waals surface area contributed by atoms with Crippen molar-refractivity contribution in [2.24, 2.45) is 11.3 Å². The van der Waals surface area contributed by atoms with Gasteiger partial charge in [-0.3, -0.25) is 19.4 Å². The summed E-state index contributed by atoms with van der Waals surface area (Å²) in [6.45, 7) is 10.7. The van der Waals surface area contributed by atoms with Crippen LogP contribution in [0.15, 0.2) is 24.7 Å². The number of nitrogens with zero attached hydrogens (tertiary/aromatic N) is 5. The number of rotatable bonds is 5. The molecule has 1 saturated heterocycles. The smallest absolute Gasteiger partial charge is 0.227 e. The SMILES string of the molecule is CCCn1nccc1-c1cnc(C[C@@H]2CCCN(C(=O)C(C)(C)C)C2)cn1. The van der Waals surface area contributed by atoms with Crippen LogP contribution in [-0.4, -0.2) is 43.6 Å². The minimum absolute atomic E-state index is 0.248. The van der Waals surface area contributed by atoms with Crippen molar-refractivity contribution in [1.29, 1.82) is 0 Å². The van der Waals surface area contributed by atoms with Crippen molar-refractivity contribution in [2.45, 2.75) is 59.9 Å². The van der Waals surface area contributed by atoms with E-state index in [2.05, 4.69) is 22.0 Å². The van der Waals surface area contributed by atoms with E-state index in [9.17, 15) is 4.79 Å². The predicted octanol–water partition coefficient (Wildman–Crippen LogP) is 3.58. The summed E-state index contributed by atoms with van der Waals surface area (Å²) in [5.74, 6) is 0.702. The van der Waals surface area contributed by atoms with Gasteiger partial charge in [0, 0.05) is 37.4 Å². The van der Waals surface area contributed by atoms with Crippen LogP contribution in [0.4, 0.5) is 0 Å². The molecule has 1 aliphatic rings. The summed E-state index contributed by atoms with van der Waals surface area (Å²) in [7, 11) is 0. The summed E-state index contributed by atoms with van der Waals surface area (Å²) in [4.78, 5) is 23.9. The Bertz CT molecular complexity index is 760. The fourth-order valence-corrected chi connectivity index (χ4v) is 3.72. The molecule has 3 heterocycles. The highest BCUT2D eigenvalue weighted by Crippen LogP contribution is 2.25. The van der Waals surface area contributed by atoms with Gasteiger partial charge < -0.3 is 4.90 Å². The first kappa shape index (κ1) is 19.5. The van der Waals surface area contributed by atoms with Crippen molar-refractivity contribution in [1.82, 2.24) is 24.6 Å². The molecule has 2 aromatic heterocycles. The van der Waals surface area contributed by atoms with Crippen LogP contribution in [0.2, 0.25) is 0 Å². The Hall–Kier alpha value is -2.24. The third-order valence-corrected chi connectivity index (χ3v) is 5.07. The van der Waals surface area contributed by atoms with E-state index in [0.29, 0.717) is 5.92 Å². The third kappa shape index (κ3) is 4.73. The Balaban J connectivity index is 1.64. The molecule has 146 valence electrons. The summed E-state index contributed by atoms with van der Waals surface area (Å²) in [5, 5.41) is 4.35. The average Bonchev–Trinajstić information content (AvgIpc) is 3.10. The van der Waals surface area contributed by atoms with Gasteiger partial charge in [-0.2, -0.15) is 5.10 Å². The zero-order valence-corrected chi connectivity index (χ0v) is 17.0. The van der Waals surface area contributed by atoms with Gasteiger partial charge in [0.15, 0.2) is 0 Å². The minimum Gasteiger partial charge on any atom is -0.342 e. The summed E-state index contributed by atoms with van der Waals surface area (Å²) >= 11 is 0. The normalized spacial score (nSPS) is 17.9. The molecule has 0 radical (unpaired) electrons. The van der Waals surface area contributed by atoms with Crippen molar-refractivity contribution in [3.05, 3.63) is 30.4 Å². The number of aryl methyl sites for hydroxylation is 1. The van der Waals surface area contributed by atoms with Crippen molar-refractivity contribution >= 4 is 5.91 Å². The second-order valence-electron chi connectivity index (χ2n) is 8.55. The van der Waals surface area contributed by atoms with E-state index in [1.807, 2.05) is 55.0 Å². The Kier molecular flexibility index (Phi) is 5.92. The quantitative estimate of drug-likeness (QED) is 0.808. The van der Waals surface area contributed by atoms with Crippen LogP contribution < -0.4 is 0 Å². The summed E-state index contributed by atoms with van der Waals surface area (Å²) in [6.07, 6.45) is 9.64. The summed E-state index contributed by atoms with van der Waals surface area (Å²) in [6, 6.07) is 1.98. The Morgan fingerprint density at radius 1 is 1.26 bits per heavy atom. The molecule has 6 nitrogen and oxygen atoms in total. The molecule has 1 fully saturated rings. The molecule has 0 saturated carbocycles. The second kappa shape index (κ2) is 8.19. The molecular formula is C21H31N5O. The number of carbonyl (C=O) groups excluding carboxylic acids is 1. The fourth-order valence-electron chi connectivity index (χ4n) is 3.72. The van der Waals surface area contributed by atoms with Gasteiger partial charge in [0.2, 0.25) is 5.91 Å². The van der Waals surface area contributed by atoms with Gasteiger partial charge >= 0.3 is 0 Å². The number of hydrogen-bond acceptors (Lipinski definition) is 4. The van der Waals surface area contributed by atoms with E-state index in [0.717, 1.165) is 62.4 Å². The summed E-state index contributed by atoms with van der Waals surface area (Å²) < 4.78 is 1.97. The zero-order valence-electron chi connectivity index (χ0n) is 17.0. The fraction of sp³-hybridized carbons (Fsp3) is 0.619. The van der Waals surface area contributed by atoms with Crippen LogP contribution in [-0.2, 0) is 17.8 Å². The van der Waals surface area contributed by atoms with Gasteiger partial charge in [-0.1, -0.05) is 27.7 Å². The van der Waals surface area contributed by atoms with Gasteiger partial charge in [0.05, 0.1) is 17.6 Å². The van der Waals surface area contributed by atoms with Crippen molar-refractivity contribution in [3.8, 4) is 11.4 Å². The maximum absolute atomic E-state index is 12.6. The number of carbonyl (C=O) groups is 1. The lowest BCUT2D eigenvalue weighted by Gasteiger charge is -2.36. The molecule has 0 spiro atoms. The molecule has 1 aliphatic heterocycles. The van der Waals surface area contributed by atoms with E-state index in [-0.39, 0.29) is 11.3 Å². The predicted molar refractivity (Wildman–Crippen MR) is 106 cm³/mol. The van der Waals surface area contributed by atoms with Crippen LogP contribution in [0.1, 0.15) is 52.7 Å². The number of hydrogen-bond donors (Lipinski definition) is 0. The molecule has 27 heavy (non-hydrogen) atoms. The number of likely N-dealkylation sites (tertiary alicyclic amines) is 1. The first-order valence-electron chi connectivity index (χ1n) is 10.0. The highest BCUT2D eigenvalue weighted by atomic mass is 16.2. The van der Waals surface area contributed by atoms with Crippen LogP contribution in [0.3, 0.4) is 0 Å².